The summed E-state index contributed by atoms with van der Waals surface area (Å²) in [5.74, 6) is 0.381. The molecular weight excluding hydrogens is 343 g/mol. The van der Waals surface area contributed by atoms with Crippen LogP contribution < -0.4 is 10.4 Å². The fourth-order valence-corrected chi connectivity index (χ4v) is 8.42. The van der Waals surface area contributed by atoms with Gasteiger partial charge in [-0.25, -0.2) is 0 Å². The van der Waals surface area contributed by atoms with E-state index >= 15 is 0 Å². The fraction of sp³-hybridized carbons (Fsp3) is 0.500. The van der Waals surface area contributed by atoms with Crippen LogP contribution >= 0.6 is 0 Å². The Morgan fingerprint density at radius 1 is 0.963 bits per heavy atom. The van der Waals surface area contributed by atoms with Gasteiger partial charge < -0.3 is 4.80 Å². The van der Waals surface area contributed by atoms with Gasteiger partial charge in [0, 0.05) is 0 Å². The lowest BCUT2D eigenvalue weighted by Crippen LogP contribution is -2.65. The Morgan fingerprint density at radius 2 is 1.41 bits per heavy atom. The predicted molar refractivity (Wildman–Crippen MR) is 119 cm³/mol. The van der Waals surface area contributed by atoms with Gasteiger partial charge in [0.25, 0.3) is 8.32 Å². The highest BCUT2D eigenvalue weighted by Gasteiger charge is 2.50. The SMILES string of the molecule is [B]C1CCC(C)(CCC(C)(C)[Si](O)(c2ccccc2)c2ccccc2)CC1. The van der Waals surface area contributed by atoms with Crippen molar-refractivity contribution in [3.05, 3.63) is 60.7 Å². The Kier molecular flexibility index (Phi) is 6.02. The first kappa shape index (κ1) is 20.4. The van der Waals surface area contributed by atoms with Gasteiger partial charge in [0.15, 0.2) is 0 Å². The molecular formula is C24H33BOSi. The molecule has 2 aromatic rings. The molecule has 2 aromatic carbocycles. The fourth-order valence-electron chi connectivity index (χ4n) is 4.69. The Morgan fingerprint density at radius 3 is 1.85 bits per heavy atom. The summed E-state index contributed by atoms with van der Waals surface area (Å²) in [5.41, 5.74) is 0.357. The molecule has 3 rings (SSSR count). The molecule has 0 atom stereocenters. The first-order valence-corrected chi connectivity index (χ1v) is 12.3. The van der Waals surface area contributed by atoms with E-state index < -0.39 is 8.32 Å². The molecule has 1 N–H and O–H groups in total. The second kappa shape index (κ2) is 7.97. The first-order chi connectivity index (χ1) is 12.8. The highest BCUT2D eigenvalue weighted by Crippen LogP contribution is 2.48. The van der Waals surface area contributed by atoms with E-state index in [0.717, 1.165) is 36.1 Å². The third-order valence-electron chi connectivity index (χ3n) is 6.95. The van der Waals surface area contributed by atoms with Gasteiger partial charge in [-0.1, -0.05) is 100 Å². The maximum atomic E-state index is 12.3. The van der Waals surface area contributed by atoms with Crippen molar-refractivity contribution in [3.63, 3.8) is 0 Å². The van der Waals surface area contributed by atoms with E-state index in [4.69, 9.17) is 7.85 Å². The smallest absolute Gasteiger partial charge is 0.258 e. The normalized spacial score (nSPS) is 23.9. The molecule has 1 aliphatic carbocycles. The highest BCUT2D eigenvalue weighted by molar-refractivity contribution is 6.98. The van der Waals surface area contributed by atoms with E-state index in [0.29, 0.717) is 11.2 Å². The summed E-state index contributed by atoms with van der Waals surface area (Å²) in [6, 6.07) is 20.7. The van der Waals surface area contributed by atoms with E-state index in [1.807, 2.05) is 12.1 Å². The van der Waals surface area contributed by atoms with E-state index in [9.17, 15) is 4.80 Å². The zero-order valence-electron chi connectivity index (χ0n) is 17.1. The molecule has 0 saturated heterocycles. The summed E-state index contributed by atoms with van der Waals surface area (Å²) in [6.45, 7) is 6.97. The van der Waals surface area contributed by atoms with Crippen LogP contribution in [-0.4, -0.2) is 21.0 Å². The maximum absolute atomic E-state index is 12.3. The van der Waals surface area contributed by atoms with Crippen LogP contribution in [0.5, 0.6) is 0 Å². The summed E-state index contributed by atoms with van der Waals surface area (Å²) in [5, 5.41) is 2.06. The van der Waals surface area contributed by atoms with E-state index in [2.05, 4.69) is 69.3 Å². The van der Waals surface area contributed by atoms with Crippen molar-refractivity contribution < 1.29 is 4.80 Å². The molecule has 0 aliphatic heterocycles. The molecule has 0 heterocycles. The zero-order chi connectivity index (χ0) is 19.5. The van der Waals surface area contributed by atoms with Crippen LogP contribution in [0.1, 0.15) is 59.3 Å². The number of rotatable bonds is 6. The molecule has 1 fully saturated rings. The molecule has 1 aliphatic rings. The van der Waals surface area contributed by atoms with Gasteiger partial charge >= 0.3 is 0 Å². The van der Waals surface area contributed by atoms with Gasteiger partial charge in [0.05, 0.1) is 7.85 Å². The summed E-state index contributed by atoms with van der Waals surface area (Å²) in [6.07, 6.45) is 6.88. The van der Waals surface area contributed by atoms with Crippen LogP contribution in [0.4, 0.5) is 0 Å². The molecule has 0 amide bonds. The molecule has 142 valence electrons. The Labute approximate surface area is 167 Å². The average molecular weight is 376 g/mol. The molecule has 1 saturated carbocycles. The molecule has 0 aromatic heterocycles. The summed E-state index contributed by atoms with van der Waals surface area (Å²) in [7, 11) is 3.24. The van der Waals surface area contributed by atoms with Gasteiger partial charge in [-0.15, -0.1) is 0 Å². The van der Waals surface area contributed by atoms with E-state index in [-0.39, 0.29) is 5.04 Å². The third kappa shape index (κ3) is 4.25. The van der Waals surface area contributed by atoms with Crippen molar-refractivity contribution in [2.75, 3.05) is 0 Å². The van der Waals surface area contributed by atoms with Gasteiger partial charge in [0.2, 0.25) is 0 Å². The van der Waals surface area contributed by atoms with Crippen LogP contribution in [-0.2, 0) is 0 Å². The second-order valence-electron chi connectivity index (χ2n) is 9.47. The van der Waals surface area contributed by atoms with Crippen molar-refractivity contribution in [1.82, 2.24) is 0 Å². The summed E-state index contributed by atoms with van der Waals surface area (Å²) in [4.78, 5) is 12.3. The minimum atomic E-state index is -2.88. The van der Waals surface area contributed by atoms with Crippen molar-refractivity contribution in [2.45, 2.75) is 70.2 Å². The van der Waals surface area contributed by atoms with Crippen LogP contribution in [0.2, 0.25) is 10.9 Å². The molecule has 0 unspecified atom stereocenters. The van der Waals surface area contributed by atoms with Crippen LogP contribution in [0.15, 0.2) is 60.7 Å². The van der Waals surface area contributed by atoms with Crippen LogP contribution in [0.3, 0.4) is 0 Å². The standard InChI is InChI=1S/C24H33BOSi/c1-23(2,18-19-24(3)16-14-20(25)15-17-24)27(26,21-10-6-4-7-11-21)22-12-8-5-9-13-22/h4-13,20,26H,14-19H2,1-3H3. The molecule has 2 radical (unpaired) electrons. The summed E-state index contributed by atoms with van der Waals surface area (Å²) >= 11 is 0. The van der Waals surface area contributed by atoms with Gasteiger partial charge in [0.1, 0.15) is 0 Å². The van der Waals surface area contributed by atoms with Crippen molar-refractivity contribution in [1.29, 1.82) is 0 Å². The minimum absolute atomic E-state index is 0.154. The third-order valence-corrected chi connectivity index (χ3v) is 11.5. The van der Waals surface area contributed by atoms with Crippen molar-refractivity contribution in [2.24, 2.45) is 5.41 Å². The number of hydrogen-bond acceptors (Lipinski definition) is 1. The lowest BCUT2D eigenvalue weighted by molar-refractivity contribution is 0.186. The van der Waals surface area contributed by atoms with Gasteiger partial charge in [-0.3, -0.25) is 0 Å². The topological polar surface area (TPSA) is 20.2 Å². The monoisotopic (exact) mass is 376 g/mol. The minimum Gasteiger partial charge on any atom is -0.424 e. The van der Waals surface area contributed by atoms with Gasteiger partial charge in [-0.2, -0.15) is 0 Å². The van der Waals surface area contributed by atoms with Gasteiger partial charge in [-0.05, 0) is 46.5 Å². The Hall–Kier alpha value is -1.32. The number of hydrogen-bond donors (Lipinski definition) is 1. The van der Waals surface area contributed by atoms with Crippen LogP contribution in [0, 0.1) is 5.41 Å². The zero-order valence-corrected chi connectivity index (χ0v) is 18.1. The predicted octanol–water partition coefficient (Wildman–Crippen LogP) is 4.84. The molecule has 1 nitrogen and oxygen atoms in total. The Bertz CT molecular complexity index is 681. The lowest BCUT2D eigenvalue weighted by atomic mass is 9.64. The number of benzene rings is 2. The molecule has 0 bridgehead atoms. The quantitative estimate of drug-likeness (QED) is 0.716. The van der Waals surface area contributed by atoms with E-state index in [1.54, 1.807) is 0 Å². The molecule has 27 heavy (non-hydrogen) atoms. The lowest BCUT2D eigenvalue weighted by Gasteiger charge is -2.44. The van der Waals surface area contributed by atoms with Crippen molar-refractivity contribution in [3.8, 4) is 0 Å². The first-order valence-electron chi connectivity index (χ1n) is 10.4. The van der Waals surface area contributed by atoms with Crippen LogP contribution in [0.25, 0.3) is 0 Å². The van der Waals surface area contributed by atoms with E-state index in [1.165, 1.54) is 12.8 Å². The Balaban J connectivity index is 1.89. The van der Waals surface area contributed by atoms with Crippen molar-refractivity contribution >= 4 is 26.5 Å². The maximum Gasteiger partial charge on any atom is 0.258 e. The largest absolute Gasteiger partial charge is 0.424 e. The average Bonchev–Trinajstić information content (AvgIpc) is 2.70. The summed E-state index contributed by atoms with van der Waals surface area (Å²) < 4.78 is 0. The molecule has 0 spiro atoms. The highest BCUT2D eigenvalue weighted by atomic mass is 28.4. The second-order valence-corrected chi connectivity index (χ2v) is 13.4. The molecule has 3 heteroatoms.